The fourth-order valence-corrected chi connectivity index (χ4v) is 2.82. The molecule has 17 heavy (non-hydrogen) atoms. The number of thiophene rings is 1. The monoisotopic (exact) mass is 242 g/mol. The van der Waals surface area contributed by atoms with Gasteiger partial charge in [0.25, 0.3) is 0 Å². The summed E-state index contributed by atoms with van der Waals surface area (Å²) >= 11 is 1.65. The van der Waals surface area contributed by atoms with Gasteiger partial charge in [0.1, 0.15) is 5.75 Å². The lowest BCUT2D eigenvalue weighted by molar-refractivity contribution is -0.131. The van der Waals surface area contributed by atoms with E-state index in [0.717, 1.165) is 20.9 Å². The van der Waals surface area contributed by atoms with Crippen molar-refractivity contribution in [2.75, 3.05) is 0 Å². The van der Waals surface area contributed by atoms with Crippen LogP contribution in [0.1, 0.15) is 6.92 Å². The smallest absolute Gasteiger partial charge is 0.308 e. The van der Waals surface area contributed by atoms with Crippen LogP contribution in [-0.4, -0.2) is 5.97 Å². The number of esters is 1. The van der Waals surface area contributed by atoms with Gasteiger partial charge in [-0.1, -0.05) is 24.3 Å². The topological polar surface area (TPSA) is 26.3 Å². The van der Waals surface area contributed by atoms with E-state index in [1.165, 1.54) is 6.92 Å². The molecule has 0 fully saturated rings. The van der Waals surface area contributed by atoms with Crippen molar-refractivity contribution in [2.45, 2.75) is 6.92 Å². The molecule has 2 nitrogen and oxygen atoms in total. The highest BCUT2D eigenvalue weighted by molar-refractivity contribution is 7.17. The summed E-state index contributed by atoms with van der Waals surface area (Å²) in [4.78, 5) is 11.2. The first-order valence-corrected chi connectivity index (χ1v) is 6.21. The lowest BCUT2D eigenvalue weighted by atomic mass is 10.1. The van der Waals surface area contributed by atoms with Crippen molar-refractivity contribution in [1.29, 1.82) is 0 Å². The van der Waals surface area contributed by atoms with Crippen LogP contribution in [-0.2, 0) is 4.79 Å². The van der Waals surface area contributed by atoms with Crippen LogP contribution in [0.5, 0.6) is 5.75 Å². The van der Waals surface area contributed by atoms with Gasteiger partial charge < -0.3 is 4.74 Å². The van der Waals surface area contributed by atoms with Gasteiger partial charge in [-0.25, -0.2) is 0 Å². The summed E-state index contributed by atoms with van der Waals surface area (Å²) in [6.45, 7) is 1.43. The first kappa shape index (κ1) is 10.3. The van der Waals surface area contributed by atoms with Gasteiger partial charge in [0.15, 0.2) is 0 Å². The molecule has 3 heteroatoms. The number of benzene rings is 2. The SMILES string of the molecule is CC(=O)Oc1c2ccccc2cc2sccc12. The second-order valence-electron chi connectivity index (χ2n) is 3.85. The molecule has 1 aromatic heterocycles. The Morgan fingerprint density at radius 2 is 2.00 bits per heavy atom. The number of ether oxygens (including phenoxy) is 1. The molecule has 0 atom stereocenters. The number of carbonyl (C=O) groups is 1. The first-order valence-electron chi connectivity index (χ1n) is 5.33. The van der Waals surface area contributed by atoms with Crippen LogP contribution >= 0.6 is 11.3 Å². The van der Waals surface area contributed by atoms with Crippen LogP contribution in [0.4, 0.5) is 0 Å². The van der Waals surface area contributed by atoms with Crippen LogP contribution in [0.15, 0.2) is 41.8 Å². The predicted octanol–water partition coefficient (Wildman–Crippen LogP) is 3.98. The van der Waals surface area contributed by atoms with E-state index in [4.69, 9.17) is 4.74 Å². The highest BCUT2D eigenvalue weighted by atomic mass is 32.1. The maximum absolute atomic E-state index is 11.2. The number of hydrogen-bond acceptors (Lipinski definition) is 3. The summed E-state index contributed by atoms with van der Waals surface area (Å²) in [7, 11) is 0. The minimum Gasteiger partial charge on any atom is -0.425 e. The molecule has 0 bridgehead atoms. The van der Waals surface area contributed by atoms with E-state index in [-0.39, 0.29) is 5.97 Å². The molecule has 0 amide bonds. The Morgan fingerprint density at radius 3 is 2.82 bits per heavy atom. The number of rotatable bonds is 1. The minimum absolute atomic E-state index is 0.283. The minimum atomic E-state index is -0.283. The van der Waals surface area contributed by atoms with Gasteiger partial charge >= 0.3 is 5.97 Å². The molecule has 3 rings (SSSR count). The molecule has 0 spiro atoms. The van der Waals surface area contributed by atoms with Gasteiger partial charge in [-0.15, -0.1) is 11.3 Å². The zero-order chi connectivity index (χ0) is 11.8. The molecule has 0 radical (unpaired) electrons. The fourth-order valence-electron chi connectivity index (χ4n) is 1.99. The zero-order valence-electron chi connectivity index (χ0n) is 9.27. The van der Waals surface area contributed by atoms with E-state index in [1.54, 1.807) is 11.3 Å². The van der Waals surface area contributed by atoms with Gasteiger partial charge in [-0.2, -0.15) is 0 Å². The van der Waals surface area contributed by atoms with Crippen molar-refractivity contribution in [2.24, 2.45) is 0 Å². The molecule has 1 heterocycles. The Balaban J connectivity index is 2.43. The van der Waals surface area contributed by atoms with E-state index in [1.807, 2.05) is 35.7 Å². The molecule has 3 aromatic rings. The summed E-state index contributed by atoms with van der Waals surface area (Å²) in [5, 5.41) is 5.09. The second-order valence-corrected chi connectivity index (χ2v) is 4.80. The Bertz CT molecular complexity index is 712. The predicted molar refractivity (Wildman–Crippen MR) is 70.6 cm³/mol. The largest absolute Gasteiger partial charge is 0.425 e. The molecule has 0 N–H and O–H groups in total. The molecule has 84 valence electrons. The van der Waals surface area contributed by atoms with Gasteiger partial charge in [0.05, 0.1) is 0 Å². The number of carbonyl (C=O) groups excluding carboxylic acids is 1. The van der Waals surface area contributed by atoms with Gasteiger partial charge in [0, 0.05) is 22.4 Å². The van der Waals surface area contributed by atoms with E-state index < -0.39 is 0 Å². The van der Waals surface area contributed by atoms with Crippen molar-refractivity contribution in [1.82, 2.24) is 0 Å². The molecule has 0 aliphatic rings. The average molecular weight is 242 g/mol. The van der Waals surface area contributed by atoms with Crippen molar-refractivity contribution >= 4 is 38.2 Å². The Labute approximate surface area is 102 Å². The fraction of sp³-hybridized carbons (Fsp3) is 0.0714. The van der Waals surface area contributed by atoms with Gasteiger partial charge in [-0.05, 0) is 22.9 Å². The molecule has 0 unspecified atom stereocenters. The molecule has 0 saturated heterocycles. The average Bonchev–Trinajstić information content (AvgIpc) is 2.76. The first-order chi connectivity index (χ1) is 8.25. The van der Waals surface area contributed by atoms with E-state index in [9.17, 15) is 4.79 Å². The summed E-state index contributed by atoms with van der Waals surface area (Å²) in [6.07, 6.45) is 0. The van der Waals surface area contributed by atoms with Crippen LogP contribution in [0.3, 0.4) is 0 Å². The zero-order valence-corrected chi connectivity index (χ0v) is 10.1. The van der Waals surface area contributed by atoms with E-state index in [2.05, 4.69) is 6.07 Å². The Hall–Kier alpha value is -1.87. The van der Waals surface area contributed by atoms with Crippen molar-refractivity contribution < 1.29 is 9.53 Å². The third kappa shape index (κ3) is 1.68. The number of fused-ring (bicyclic) bond motifs is 2. The summed E-state index contributed by atoms with van der Waals surface area (Å²) in [6, 6.07) is 12.1. The normalized spacial score (nSPS) is 10.9. The van der Waals surface area contributed by atoms with Crippen LogP contribution in [0, 0.1) is 0 Å². The third-order valence-corrected chi connectivity index (χ3v) is 3.54. The molecule has 2 aromatic carbocycles. The summed E-state index contributed by atoms with van der Waals surface area (Å²) in [5.74, 6) is 0.390. The molecule has 0 aliphatic carbocycles. The summed E-state index contributed by atoms with van der Waals surface area (Å²) in [5.41, 5.74) is 0. The molecule has 0 saturated carbocycles. The lowest BCUT2D eigenvalue weighted by Crippen LogP contribution is -2.02. The van der Waals surface area contributed by atoms with Crippen LogP contribution in [0.2, 0.25) is 0 Å². The molecule has 0 aliphatic heterocycles. The highest BCUT2D eigenvalue weighted by Gasteiger charge is 2.11. The van der Waals surface area contributed by atoms with Gasteiger partial charge in [0.2, 0.25) is 0 Å². The maximum Gasteiger partial charge on any atom is 0.308 e. The van der Waals surface area contributed by atoms with Crippen molar-refractivity contribution in [3.8, 4) is 5.75 Å². The lowest BCUT2D eigenvalue weighted by Gasteiger charge is -2.07. The van der Waals surface area contributed by atoms with Crippen molar-refractivity contribution in [3.63, 3.8) is 0 Å². The second kappa shape index (κ2) is 3.86. The Kier molecular flexibility index (Phi) is 2.34. The standard InChI is InChI=1S/C14H10O2S/c1-9(15)16-14-11-5-3-2-4-10(11)8-13-12(14)6-7-17-13/h2-8H,1H3. The highest BCUT2D eigenvalue weighted by Crippen LogP contribution is 2.37. The molecular formula is C14H10O2S. The quantitative estimate of drug-likeness (QED) is 0.476. The van der Waals surface area contributed by atoms with Gasteiger partial charge in [-0.3, -0.25) is 4.79 Å². The van der Waals surface area contributed by atoms with Crippen LogP contribution < -0.4 is 4.74 Å². The summed E-state index contributed by atoms with van der Waals surface area (Å²) < 4.78 is 6.51. The molecular weight excluding hydrogens is 232 g/mol. The maximum atomic E-state index is 11.2. The van der Waals surface area contributed by atoms with E-state index >= 15 is 0 Å². The Morgan fingerprint density at radius 1 is 1.18 bits per heavy atom. The third-order valence-electron chi connectivity index (χ3n) is 2.68. The van der Waals surface area contributed by atoms with Crippen LogP contribution in [0.25, 0.3) is 20.9 Å². The van der Waals surface area contributed by atoms with Crippen molar-refractivity contribution in [3.05, 3.63) is 41.8 Å². The number of hydrogen-bond donors (Lipinski definition) is 0. The van der Waals surface area contributed by atoms with E-state index in [0.29, 0.717) is 5.75 Å².